The van der Waals surface area contributed by atoms with Crippen LogP contribution in [0.4, 0.5) is 0 Å². The standard InChI is InChI=1S/C17H18O6/c1-21-10-3-4-11(22-2)14-13(10)9(18)7-16-6-5-12(19)17(14,16)8-23-15(16)20/h3-4,12,19H,5-8H2,1-2H3/t12-,16+,17-/m1/s1. The number of fused-ring (bicyclic) bond motifs is 1. The van der Waals surface area contributed by atoms with Gasteiger partial charge >= 0.3 is 5.97 Å². The Morgan fingerprint density at radius 3 is 2.61 bits per heavy atom. The molecule has 0 aromatic heterocycles. The SMILES string of the molecule is COc1ccc(OC)c2c1C(=O)C[C@]13CC[C@@H](O)[C@]21COC3=O. The molecule has 23 heavy (non-hydrogen) atoms. The number of cyclic esters (lactones) is 1. The molecule has 6 nitrogen and oxygen atoms in total. The normalized spacial score (nSPS) is 34.5. The summed E-state index contributed by atoms with van der Waals surface area (Å²) in [5.74, 6) is 0.363. The number of aliphatic hydroxyl groups excluding tert-OH is 1. The van der Waals surface area contributed by atoms with Crippen molar-refractivity contribution in [3.8, 4) is 11.5 Å². The van der Waals surface area contributed by atoms with Crippen LogP contribution in [0.5, 0.6) is 11.5 Å². The smallest absolute Gasteiger partial charge is 0.313 e. The molecule has 3 aliphatic rings. The summed E-state index contributed by atoms with van der Waals surface area (Å²) in [5, 5.41) is 10.8. The van der Waals surface area contributed by atoms with Crippen LogP contribution in [0.15, 0.2) is 12.1 Å². The van der Waals surface area contributed by atoms with Crippen molar-refractivity contribution in [2.75, 3.05) is 20.8 Å². The van der Waals surface area contributed by atoms with Gasteiger partial charge in [0.1, 0.15) is 18.1 Å². The fourth-order valence-corrected chi connectivity index (χ4v) is 4.79. The van der Waals surface area contributed by atoms with Crippen LogP contribution in [0.1, 0.15) is 35.2 Å². The fraction of sp³-hybridized carbons (Fsp3) is 0.529. The first-order chi connectivity index (χ1) is 11.0. The number of hydrogen-bond acceptors (Lipinski definition) is 6. The molecule has 1 saturated carbocycles. The fourth-order valence-electron chi connectivity index (χ4n) is 4.79. The molecule has 0 unspecified atom stereocenters. The quantitative estimate of drug-likeness (QED) is 0.826. The van der Waals surface area contributed by atoms with E-state index in [-0.39, 0.29) is 18.8 Å². The molecule has 0 radical (unpaired) electrons. The molecule has 122 valence electrons. The number of methoxy groups -OCH3 is 2. The summed E-state index contributed by atoms with van der Waals surface area (Å²) in [6.45, 7) is 0.0663. The van der Waals surface area contributed by atoms with Crippen molar-refractivity contribution in [2.24, 2.45) is 5.41 Å². The van der Waals surface area contributed by atoms with Crippen molar-refractivity contribution in [1.82, 2.24) is 0 Å². The van der Waals surface area contributed by atoms with E-state index in [1.165, 1.54) is 14.2 Å². The minimum absolute atomic E-state index is 0.0411. The van der Waals surface area contributed by atoms with Gasteiger partial charge in [-0.2, -0.15) is 0 Å². The topological polar surface area (TPSA) is 82.1 Å². The van der Waals surface area contributed by atoms with Crippen LogP contribution in [0.25, 0.3) is 0 Å². The lowest BCUT2D eigenvalue weighted by molar-refractivity contribution is -0.146. The summed E-state index contributed by atoms with van der Waals surface area (Å²) in [4.78, 5) is 25.3. The molecule has 1 heterocycles. The van der Waals surface area contributed by atoms with E-state index in [4.69, 9.17) is 14.2 Å². The molecular formula is C17H18O6. The first-order valence-corrected chi connectivity index (χ1v) is 7.66. The van der Waals surface area contributed by atoms with Gasteiger partial charge in [-0.15, -0.1) is 0 Å². The third-order valence-corrected chi connectivity index (χ3v) is 5.85. The third kappa shape index (κ3) is 1.43. The lowest BCUT2D eigenvalue weighted by Gasteiger charge is -2.43. The van der Waals surface area contributed by atoms with E-state index < -0.39 is 22.9 Å². The molecule has 1 N–H and O–H groups in total. The lowest BCUT2D eigenvalue weighted by Crippen LogP contribution is -2.53. The number of benzene rings is 1. The Morgan fingerprint density at radius 2 is 1.91 bits per heavy atom. The highest BCUT2D eigenvalue weighted by molar-refractivity contribution is 6.07. The molecule has 0 bridgehead atoms. The maximum absolute atomic E-state index is 12.8. The van der Waals surface area contributed by atoms with Crippen LogP contribution < -0.4 is 9.47 Å². The highest BCUT2D eigenvalue weighted by Crippen LogP contribution is 2.66. The lowest BCUT2D eigenvalue weighted by atomic mass is 9.56. The monoisotopic (exact) mass is 318 g/mol. The zero-order valence-corrected chi connectivity index (χ0v) is 13.0. The van der Waals surface area contributed by atoms with Crippen LogP contribution in [-0.2, 0) is 14.9 Å². The number of Topliss-reactive ketones (excluding diaryl/α,β-unsaturated/α-hetero) is 1. The third-order valence-electron chi connectivity index (χ3n) is 5.85. The van der Waals surface area contributed by atoms with Gasteiger partial charge in [-0.25, -0.2) is 0 Å². The van der Waals surface area contributed by atoms with E-state index in [1.807, 2.05) is 0 Å². The molecule has 1 aromatic rings. The van der Waals surface area contributed by atoms with Gasteiger partial charge in [0, 0.05) is 12.0 Å². The molecular weight excluding hydrogens is 300 g/mol. The second kappa shape index (κ2) is 4.47. The van der Waals surface area contributed by atoms with Crippen LogP contribution in [0.3, 0.4) is 0 Å². The van der Waals surface area contributed by atoms with Gasteiger partial charge < -0.3 is 19.3 Å². The molecule has 3 atom stereocenters. The van der Waals surface area contributed by atoms with Crippen molar-refractivity contribution < 1.29 is 28.9 Å². The van der Waals surface area contributed by atoms with Crippen LogP contribution in [0.2, 0.25) is 0 Å². The zero-order chi connectivity index (χ0) is 16.4. The highest BCUT2D eigenvalue weighted by Gasteiger charge is 2.73. The number of rotatable bonds is 2. The van der Waals surface area contributed by atoms with Gasteiger partial charge in [0.2, 0.25) is 0 Å². The minimum atomic E-state index is -0.990. The second-order valence-electron chi connectivity index (χ2n) is 6.50. The number of esters is 1. The molecule has 0 spiro atoms. The van der Waals surface area contributed by atoms with Crippen molar-refractivity contribution in [2.45, 2.75) is 30.8 Å². The van der Waals surface area contributed by atoms with Gasteiger partial charge in [0.05, 0.1) is 36.7 Å². The number of carbonyl (C=O) groups is 2. The van der Waals surface area contributed by atoms with E-state index in [0.717, 1.165) is 0 Å². The molecule has 2 fully saturated rings. The van der Waals surface area contributed by atoms with Gasteiger partial charge in [-0.1, -0.05) is 0 Å². The van der Waals surface area contributed by atoms with Crippen molar-refractivity contribution in [3.63, 3.8) is 0 Å². The molecule has 6 heteroatoms. The van der Waals surface area contributed by atoms with E-state index in [2.05, 4.69) is 0 Å². The number of ketones is 1. The Hall–Kier alpha value is -2.08. The first-order valence-electron chi connectivity index (χ1n) is 7.66. The van der Waals surface area contributed by atoms with Crippen molar-refractivity contribution >= 4 is 11.8 Å². The average molecular weight is 318 g/mol. The highest BCUT2D eigenvalue weighted by atomic mass is 16.5. The number of hydrogen-bond donors (Lipinski definition) is 1. The molecule has 0 amide bonds. The van der Waals surface area contributed by atoms with Crippen LogP contribution in [0, 0.1) is 5.41 Å². The summed E-state index contributed by atoms with van der Waals surface area (Å²) < 4.78 is 16.2. The Bertz CT molecular complexity index is 726. The van der Waals surface area contributed by atoms with E-state index in [1.54, 1.807) is 12.1 Å². The zero-order valence-electron chi connectivity index (χ0n) is 13.0. The van der Waals surface area contributed by atoms with Gasteiger partial charge in [0.15, 0.2) is 5.78 Å². The number of ether oxygens (including phenoxy) is 3. The van der Waals surface area contributed by atoms with E-state index >= 15 is 0 Å². The van der Waals surface area contributed by atoms with Crippen molar-refractivity contribution in [3.05, 3.63) is 23.3 Å². The second-order valence-corrected chi connectivity index (χ2v) is 6.50. The van der Waals surface area contributed by atoms with E-state index in [0.29, 0.717) is 35.5 Å². The maximum atomic E-state index is 12.8. The van der Waals surface area contributed by atoms with Crippen LogP contribution in [-0.4, -0.2) is 43.8 Å². The predicted molar refractivity (Wildman–Crippen MR) is 78.8 cm³/mol. The van der Waals surface area contributed by atoms with Gasteiger partial charge in [-0.3, -0.25) is 9.59 Å². The summed E-state index contributed by atoms with van der Waals surface area (Å²) in [6, 6.07) is 3.39. The number of carbonyl (C=O) groups excluding carboxylic acids is 2. The Labute approximate surface area is 133 Å². The van der Waals surface area contributed by atoms with Crippen molar-refractivity contribution in [1.29, 1.82) is 0 Å². The summed E-state index contributed by atoms with van der Waals surface area (Å²) in [5.41, 5.74) is -0.961. The summed E-state index contributed by atoms with van der Waals surface area (Å²) in [6.07, 6.45) is 0.182. The van der Waals surface area contributed by atoms with E-state index in [9.17, 15) is 14.7 Å². The molecule has 1 saturated heterocycles. The minimum Gasteiger partial charge on any atom is -0.496 e. The molecule has 4 rings (SSSR count). The molecule has 1 aliphatic heterocycles. The Balaban J connectivity index is 2.11. The summed E-state index contributed by atoms with van der Waals surface area (Å²) in [7, 11) is 3.01. The van der Waals surface area contributed by atoms with Gasteiger partial charge in [0.25, 0.3) is 0 Å². The van der Waals surface area contributed by atoms with Gasteiger partial charge in [-0.05, 0) is 25.0 Å². The predicted octanol–water partition coefficient (Wildman–Crippen LogP) is 1.23. The first kappa shape index (κ1) is 14.5. The van der Waals surface area contributed by atoms with Crippen LogP contribution >= 0.6 is 0 Å². The Morgan fingerprint density at radius 1 is 1.22 bits per heavy atom. The maximum Gasteiger partial charge on any atom is 0.313 e. The molecule has 2 aliphatic carbocycles. The summed E-state index contributed by atoms with van der Waals surface area (Å²) >= 11 is 0. The Kier molecular flexibility index (Phi) is 2.82. The molecule has 1 aromatic carbocycles. The number of aliphatic hydroxyl groups is 1. The largest absolute Gasteiger partial charge is 0.496 e. The average Bonchev–Trinajstić information content (AvgIpc) is 3.01.